The summed E-state index contributed by atoms with van der Waals surface area (Å²) in [6.07, 6.45) is 4.40. The van der Waals surface area contributed by atoms with E-state index in [4.69, 9.17) is 0 Å². The third-order valence-corrected chi connectivity index (χ3v) is 4.97. The molecular weight excluding hydrogens is 318 g/mol. The average molecular weight is 343 g/mol. The molecule has 0 saturated carbocycles. The number of benzene rings is 1. The summed E-state index contributed by atoms with van der Waals surface area (Å²) in [5, 5.41) is 6.25. The van der Waals surface area contributed by atoms with Crippen molar-refractivity contribution in [3.8, 4) is 0 Å². The van der Waals surface area contributed by atoms with E-state index >= 15 is 0 Å². The van der Waals surface area contributed by atoms with Crippen molar-refractivity contribution in [2.75, 3.05) is 18.4 Å². The molecule has 2 heterocycles. The highest BCUT2D eigenvalue weighted by molar-refractivity contribution is 6.01. The number of carbonyl (C=O) groups excluding carboxylic acids is 3. The minimum absolute atomic E-state index is 0.0381. The van der Waals surface area contributed by atoms with E-state index in [0.717, 1.165) is 43.6 Å². The first-order valence-electron chi connectivity index (χ1n) is 9.04. The van der Waals surface area contributed by atoms with Gasteiger partial charge in [0.1, 0.15) is 0 Å². The van der Waals surface area contributed by atoms with Crippen molar-refractivity contribution in [3.63, 3.8) is 0 Å². The normalized spacial score (nSPS) is 18.6. The zero-order chi connectivity index (χ0) is 17.6. The number of hydrogen-bond donors (Lipinski definition) is 2. The molecule has 0 bridgehead atoms. The predicted octanol–water partition coefficient (Wildman–Crippen LogP) is 2.05. The quantitative estimate of drug-likeness (QED) is 0.775. The van der Waals surface area contributed by atoms with Crippen molar-refractivity contribution in [1.82, 2.24) is 10.2 Å². The summed E-state index contributed by atoms with van der Waals surface area (Å²) in [7, 11) is 0. The summed E-state index contributed by atoms with van der Waals surface area (Å²) in [6.45, 7) is 2.41. The van der Waals surface area contributed by atoms with Gasteiger partial charge < -0.3 is 10.6 Å². The zero-order valence-electron chi connectivity index (χ0n) is 14.4. The second-order valence-corrected chi connectivity index (χ2v) is 6.85. The van der Waals surface area contributed by atoms with Gasteiger partial charge >= 0.3 is 0 Å². The van der Waals surface area contributed by atoms with E-state index in [1.54, 1.807) is 0 Å². The van der Waals surface area contributed by atoms with Crippen molar-refractivity contribution >= 4 is 23.4 Å². The molecule has 0 unspecified atom stereocenters. The Labute approximate surface area is 148 Å². The third kappa shape index (κ3) is 4.89. The molecule has 3 amide bonds. The number of hydrogen-bond acceptors (Lipinski definition) is 4. The Balaban J connectivity index is 1.46. The fourth-order valence-corrected chi connectivity index (χ4v) is 3.40. The van der Waals surface area contributed by atoms with Crippen molar-refractivity contribution in [3.05, 3.63) is 29.8 Å². The molecule has 2 N–H and O–H groups in total. The number of likely N-dealkylation sites (tertiary alicyclic amines) is 1. The van der Waals surface area contributed by atoms with Crippen LogP contribution in [0.2, 0.25) is 0 Å². The van der Waals surface area contributed by atoms with Crippen LogP contribution in [-0.2, 0) is 20.9 Å². The van der Waals surface area contributed by atoms with Crippen LogP contribution in [0.1, 0.15) is 44.1 Å². The first kappa shape index (κ1) is 17.6. The number of carbonyl (C=O) groups is 3. The van der Waals surface area contributed by atoms with Gasteiger partial charge in [0.05, 0.1) is 6.54 Å². The van der Waals surface area contributed by atoms with Gasteiger partial charge in [-0.15, -0.1) is 0 Å². The zero-order valence-corrected chi connectivity index (χ0v) is 14.4. The maximum atomic E-state index is 12.1. The number of rotatable bonds is 6. The van der Waals surface area contributed by atoms with E-state index in [2.05, 4.69) is 10.6 Å². The molecule has 0 radical (unpaired) electrons. The third-order valence-electron chi connectivity index (χ3n) is 4.97. The molecule has 6 nitrogen and oxygen atoms in total. The largest absolute Gasteiger partial charge is 0.326 e. The standard InChI is InChI=1S/C19H25N3O3/c23-17(6-3-14-9-11-20-12-10-14)21-16-4-1-15(2-5-16)13-22-18(24)7-8-19(22)25/h1-2,4-5,14,20H,3,6-13H2,(H,21,23). The van der Waals surface area contributed by atoms with Crippen LogP contribution in [0.25, 0.3) is 0 Å². The summed E-state index contributed by atoms with van der Waals surface area (Å²) < 4.78 is 0. The Hall–Kier alpha value is -2.21. The highest BCUT2D eigenvalue weighted by atomic mass is 16.2. The fraction of sp³-hybridized carbons (Fsp3) is 0.526. The maximum absolute atomic E-state index is 12.1. The van der Waals surface area contributed by atoms with Crippen LogP contribution in [0.5, 0.6) is 0 Å². The molecule has 0 spiro atoms. The van der Waals surface area contributed by atoms with Gasteiger partial charge in [-0.3, -0.25) is 19.3 Å². The minimum atomic E-state index is -0.111. The average Bonchev–Trinajstić information content (AvgIpc) is 2.94. The van der Waals surface area contributed by atoms with Gasteiger partial charge in [-0.1, -0.05) is 12.1 Å². The first-order chi connectivity index (χ1) is 12.1. The van der Waals surface area contributed by atoms with E-state index in [1.165, 1.54) is 4.90 Å². The maximum Gasteiger partial charge on any atom is 0.229 e. The van der Waals surface area contributed by atoms with Crippen LogP contribution in [0.3, 0.4) is 0 Å². The highest BCUT2D eigenvalue weighted by Crippen LogP contribution is 2.19. The van der Waals surface area contributed by atoms with Crippen molar-refractivity contribution in [1.29, 1.82) is 0 Å². The molecule has 0 aliphatic carbocycles. The summed E-state index contributed by atoms with van der Waals surface area (Å²) in [5.74, 6) is 0.460. The van der Waals surface area contributed by atoms with Crippen LogP contribution in [0, 0.1) is 5.92 Å². The molecule has 2 fully saturated rings. The van der Waals surface area contributed by atoms with Gasteiger partial charge in [-0.25, -0.2) is 0 Å². The Bertz CT molecular complexity index is 620. The molecule has 1 aromatic carbocycles. The predicted molar refractivity (Wildman–Crippen MR) is 94.7 cm³/mol. The topological polar surface area (TPSA) is 78.5 Å². The second-order valence-electron chi connectivity index (χ2n) is 6.85. The van der Waals surface area contributed by atoms with E-state index < -0.39 is 0 Å². The number of imide groups is 1. The molecular formula is C19H25N3O3. The lowest BCUT2D eigenvalue weighted by atomic mass is 9.93. The van der Waals surface area contributed by atoms with E-state index in [9.17, 15) is 14.4 Å². The number of amides is 3. The lowest BCUT2D eigenvalue weighted by Gasteiger charge is -2.22. The van der Waals surface area contributed by atoms with Crippen molar-refractivity contribution in [2.24, 2.45) is 5.92 Å². The van der Waals surface area contributed by atoms with E-state index in [-0.39, 0.29) is 17.7 Å². The summed E-state index contributed by atoms with van der Waals surface area (Å²) in [6, 6.07) is 7.34. The first-order valence-corrected chi connectivity index (χ1v) is 9.04. The van der Waals surface area contributed by atoms with Crippen LogP contribution in [-0.4, -0.2) is 35.7 Å². The van der Waals surface area contributed by atoms with Gasteiger partial charge in [-0.05, 0) is 56.0 Å². The number of nitrogens with one attached hydrogen (secondary N) is 2. The van der Waals surface area contributed by atoms with Gasteiger partial charge in [0.25, 0.3) is 0 Å². The number of piperidine rings is 1. The number of anilines is 1. The molecule has 6 heteroatoms. The molecule has 2 saturated heterocycles. The Morgan fingerprint density at radius 3 is 2.36 bits per heavy atom. The van der Waals surface area contributed by atoms with Crippen LogP contribution >= 0.6 is 0 Å². The van der Waals surface area contributed by atoms with Gasteiger partial charge in [-0.2, -0.15) is 0 Å². The van der Waals surface area contributed by atoms with Crippen molar-refractivity contribution in [2.45, 2.75) is 45.1 Å². The molecule has 134 valence electrons. The van der Waals surface area contributed by atoms with Gasteiger partial charge in [0, 0.05) is 24.9 Å². The molecule has 2 aliphatic rings. The molecule has 0 aromatic heterocycles. The van der Waals surface area contributed by atoms with Crippen molar-refractivity contribution < 1.29 is 14.4 Å². The molecule has 2 aliphatic heterocycles. The summed E-state index contributed by atoms with van der Waals surface area (Å²) in [4.78, 5) is 36.7. The summed E-state index contributed by atoms with van der Waals surface area (Å²) in [5.41, 5.74) is 1.63. The van der Waals surface area contributed by atoms with Crippen LogP contribution < -0.4 is 10.6 Å². The van der Waals surface area contributed by atoms with E-state index in [0.29, 0.717) is 31.7 Å². The Kier molecular flexibility index (Phi) is 5.81. The molecule has 0 atom stereocenters. The number of nitrogens with zero attached hydrogens (tertiary/aromatic N) is 1. The molecule has 1 aromatic rings. The highest BCUT2D eigenvalue weighted by Gasteiger charge is 2.28. The lowest BCUT2D eigenvalue weighted by Crippen LogP contribution is -2.28. The molecule has 3 rings (SSSR count). The lowest BCUT2D eigenvalue weighted by molar-refractivity contribution is -0.139. The summed E-state index contributed by atoms with van der Waals surface area (Å²) >= 11 is 0. The SMILES string of the molecule is O=C(CCC1CCNCC1)Nc1ccc(CN2C(=O)CCC2=O)cc1. The Morgan fingerprint density at radius 2 is 1.72 bits per heavy atom. The van der Waals surface area contributed by atoms with E-state index in [1.807, 2.05) is 24.3 Å². The molecule has 25 heavy (non-hydrogen) atoms. The second kappa shape index (κ2) is 8.25. The van der Waals surface area contributed by atoms with Crippen LogP contribution in [0.15, 0.2) is 24.3 Å². The smallest absolute Gasteiger partial charge is 0.229 e. The van der Waals surface area contributed by atoms with Gasteiger partial charge in [0.15, 0.2) is 0 Å². The fourth-order valence-electron chi connectivity index (χ4n) is 3.40. The minimum Gasteiger partial charge on any atom is -0.326 e. The van der Waals surface area contributed by atoms with Gasteiger partial charge in [0.2, 0.25) is 17.7 Å². The van der Waals surface area contributed by atoms with Crippen LogP contribution in [0.4, 0.5) is 5.69 Å². The Morgan fingerprint density at radius 1 is 1.08 bits per heavy atom. The monoisotopic (exact) mass is 343 g/mol.